The number of aliphatic carboxylic acids is 1. The fourth-order valence-electron chi connectivity index (χ4n) is 2.88. The minimum Gasteiger partial charge on any atom is -0.481 e. The number of carboxylic acids is 1. The predicted molar refractivity (Wildman–Crippen MR) is 111 cm³/mol. The number of aromatic nitrogens is 2. The van der Waals surface area contributed by atoms with E-state index in [0.717, 1.165) is 24.7 Å². The second-order valence-electron chi connectivity index (χ2n) is 6.37. The van der Waals surface area contributed by atoms with Crippen LogP contribution in [0.2, 0.25) is 0 Å². The number of fused-ring (bicyclic) bond motifs is 1. The first-order chi connectivity index (χ1) is 13.4. The van der Waals surface area contributed by atoms with Gasteiger partial charge in [-0.25, -0.2) is 4.98 Å². The fraction of sp³-hybridized carbons (Fsp3) is 0.143. The van der Waals surface area contributed by atoms with Crippen molar-refractivity contribution in [1.29, 1.82) is 0 Å². The highest BCUT2D eigenvalue weighted by molar-refractivity contribution is 5.91. The van der Waals surface area contributed by atoms with E-state index in [1.165, 1.54) is 22.3 Å². The molecule has 7 nitrogen and oxygen atoms in total. The molecule has 0 unspecified atom stereocenters. The molecule has 0 amide bonds. The Hall–Kier alpha value is -3.74. The number of aliphatic imine (C=N–C) groups is 1. The maximum absolute atomic E-state index is 9.00. The number of nitrogen functional groups attached to an aromatic ring is 1. The molecule has 142 valence electrons. The van der Waals surface area contributed by atoms with E-state index in [1.54, 1.807) is 12.3 Å². The van der Waals surface area contributed by atoms with Crippen LogP contribution in [0.3, 0.4) is 0 Å². The van der Waals surface area contributed by atoms with Gasteiger partial charge in [-0.1, -0.05) is 29.8 Å². The summed E-state index contributed by atoms with van der Waals surface area (Å²) in [7, 11) is 0. The number of hydrogen-bond acceptors (Lipinski definition) is 6. The number of carbonyl (C=O) groups is 1. The summed E-state index contributed by atoms with van der Waals surface area (Å²) < 4.78 is 0. The number of nitrogens with zero attached hydrogens (tertiary/aromatic N) is 3. The molecule has 1 aromatic heterocycles. The van der Waals surface area contributed by atoms with Crippen LogP contribution in [0.5, 0.6) is 0 Å². The average molecular weight is 375 g/mol. The Morgan fingerprint density at radius 2 is 1.89 bits per heavy atom. The molecule has 3 aromatic rings. The van der Waals surface area contributed by atoms with Gasteiger partial charge in [0.2, 0.25) is 5.95 Å². The molecule has 4 rings (SSSR count). The molecule has 1 aliphatic rings. The summed E-state index contributed by atoms with van der Waals surface area (Å²) >= 11 is 0. The van der Waals surface area contributed by atoms with Crippen molar-refractivity contribution in [2.75, 3.05) is 11.1 Å². The van der Waals surface area contributed by atoms with Gasteiger partial charge in [-0.3, -0.25) is 9.79 Å². The highest BCUT2D eigenvalue weighted by Gasteiger charge is 2.15. The standard InChI is InChI=1S/C19H17N5.C2H4O2/c1-12-2-4-13(5-3-12)16-9-15(8-14-10-21-11-17(14)16)23-18-6-7-22-19(20)24-18;1-2(3)4/h2-10H,11H2,1H3,(H3,20,22,23,24);1H3,(H,3,4). The Kier molecular flexibility index (Phi) is 5.64. The third-order valence-electron chi connectivity index (χ3n) is 4.07. The summed E-state index contributed by atoms with van der Waals surface area (Å²) in [5.41, 5.74) is 12.6. The Balaban J connectivity index is 0.000000516. The van der Waals surface area contributed by atoms with Crippen molar-refractivity contribution >= 4 is 29.6 Å². The van der Waals surface area contributed by atoms with E-state index in [1.807, 2.05) is 6.21 Å². The molecule has 0 spiro atoms. The summed E-state index contributed by atoms with van der Waals surface area (Å²) in [5.74, 6) is 0.0914. The highest BCUT2D eigenvalue weighted by Crippen LogP contribution is 2.33. The zero-order chi connectivity index (χ0) is 20.1. The number of aryl methyl sites for hydroxylation is 1. The maximum Gasteiger partial charge on any atom is 0.300 e. The summed E-state index contributed by atoms with van der Waals surface area (Å²) in [5, 5.41) is 10.7. The van der Waals surface area contributed by atoms with Gasteiger partial charge in [0.15, 0.2) is 0 Å². The van der Waals surface area contributed by atoms with Crippen molar-refractivity contribution in [3.63, 3.8) is 0 Å². The van der Waals surface area contributed by atoms with Gasteiger partial charge in [-0.05, 0) is 41.8 Å². The van der Waals surface area contributed by atoms with Crippen LogP contribution in [-0.4, -0.2) is 27.3 Å². The Morgan fingerprint density at radius 3 is 2.57 bits per heavy atom. The molecule has 1 aliphatic heterocycles. The van der Waals surface area contributed by atoms with Gasteiger partial charge in [0, 0.05) is 30.6 Å². The van der Waals surface area contributed by atoms with E-state index in [2.05, 4.69) is 63.6 Å². The van der Waals surface area contributed by atoms with Gasteiger partial charge in [0.25, 0.3) is 5.97 Å². The van der Waals surface area contributed by atoms with Gasteiger partial charge in [-0.15, -0.1) is 0 Å². The lowest BCUT2D eigenvalue weighted by Crippen LogP contribution is -2.00. The minimum atomic E-state index is -0.833. The van der Waals surface area contributed by atoms with Gasteiger partial charge in [0.1, 0.15) is 5.82 Å². The SMILES string of the molecule is CC(=O)O.Cc1ccc(-c2cc(Nc3ccnc(N)n3)cc3c2CN=C3)cc1. The smallest absolute Gasteiger partial charge is 0.300 e. The van der Waals surface area contributed by atoms with E-state index in [4.69, 9.17) is 15.6 Å². The first-order valence-corrected chi connectivity index (χ1v) is 8.71. The number of rotatable bonds is 3. The number of nitrogens with two attached hydrogens (primary N) is 1. The first kappa shape index (κ1) is 19.0. The van der Waals surface area contributed by atoms with Crippen LogP contribution in [0, 0.1) is 6.92 Å². The topological polar surface area (TPSA) is 113 Å². The van der Waals surface area contributed by atoms with E-state index in [0.29, 0.717) is 5.82 Å². The lowest BCUT2D eigenvalue weighted by atomic mass is 9.95. The van der Waals surface area contributed by atoms with Gasteiger partial charge >= 0.3 is 0 Å². The monoisotopic (exact) mass is 375 g/mol. The summed E-state index contributed by atoms with van der Waals surface area (Å²) in [4.78, 5) is 21.5. The molecule has 0 saturated heterocycles. The number of anilines is 3. The van der Waals surface area contributed by atoms with Crippen molar-refractivity contribution in [2.24, 2.45) is 4.99 Å². The Labute approximate surface area is 163 Å². The van der Waals surface area contributed by atoms with Gasteiger partial charge in [-0.2, -0.15) is 4.98 Å². The Morgan fingerprint density at radius 1 is 1.18 bits per heavy atom. The zero-order valence-corrected chi connectivity index (χ0v) is 15.7. The molecule has 2 aromatic carbocycles. The summed E-state index contributed by atoms with van der Waals surface area (Å²) in [6, 6.07) is 14.6. The third kappa shape index (κ3) is 4.70. The molecule has 7 heteroatoms. The average Bonchev–Trinajstić information content (AvgIpc) is 3.10. The molecule has 0 aliphatic carbocycles. The Bertz CT molecular complexity index is 1030. The van der Waals surface area contributed by atoms with Crippen LogP contribution in [-0.2, 0) is 11.3 Å². The molecular formula is C21H21N5O2. The first-order valence-electron chi connectivity index (χ1n) is 8.71. The zero-order valence-electron chi connectivity index (χ0n) is 15.7. The molecule has 28 heavy (non-hydrogen) atoms. The summed E-state index contributed by atoms with van der Waals surface area (Å²) in [6.45, 7) is 3.90. The van der Waals surface area contributed by atoms with E-state index < -0.39 is 5.97 Å². The molecule has 0 fully saturated rings. The van der Waals surface area contributed by atoms with Crippen molar-refractivity contribution in [2.45, 2.75) is 20.4 Å². The van der Waals surface area contributed by atoms with Gasteiger partial charge < -0.3 is 16.2 Å². The van der Waals surface area contributed by atoms with E-state index in [-0.39, 0.29) is 5.95 Å². The molecule has 2 heterocycles. The van der Waals surface area contributed by atoms with Crippen LogP contribution in [0.4, 0.5) is 17.5 Å². The normalized spacial score (nSPS) is 11.4. The molecule has 0 atom stereocenters. The van der Waals surface area contributed by atoms with E-state index >= 15 is 0 Å². The van der Waals surface area contributed by atoms with Crippen LogP contribution in [0.15, 0.2) is 53.7 Å². The lowest BCUT2D eigenvalue weighted by molar-refractivity contribution is -0.134. The molecule has 4 N–H and O–H groups in total. The molecule has 0 radical (unpaired) electrons. The fourth-order valence-corrected chi connectivity index (χ4v) is 2.88. The quantitative estimate of drug-likeness (QED) is 0.642. The maximum atomic E-state index is 9.00. The molecular weight excluding hydrogens is 354 g/mol. The molecule has 0 bridgehead atoms. The number of carboxylic acid groups (broad SMARTS) is 1. The van der Waals surface area contributed by atoms with Gasteiger partial charge in [0.05, 0.1) is 6.54 Å². The van der Waals surface area contributed by atoms with Crippen molar-refractivity contribution in [1.82, 2.24) is 9.97 Å². The predicted octanol–water partition coefficient (Wildman–Crippen LogP) is 3.80. The number of nitrogens with one attached hydrogen (secondary N) is 1. The van der Waals surface area contributed by atoms with Crippen molar-refractivity contribution in [3.05, 3.63) is 65.4 Å². The molecule has 0 saturated carbocycles. The second-order valence-corrected chi connectivity index (χ2v) is 6.37. The largest absolute Gasteiger partial charge is 0.481 e. The number of benzene rings is 2. The minimum absolute atomic E-state index is 0.251. The van der Waals surface area contributed by atoms with Crippen molar-refractivity contribution < 1.29 is 9.90 Å². The summed E-state index contributed by atoms with van der Waals surface area (Å²) in [6.07, 6.45) is 3.56. The third-order valence-corrected chi connectivity index (χ3v) is 4.07. The van der Waals surface area contributed by atoms with Crippen LogP contribution >= 0.6 is 0 Å². The van der Waals surface area contributed by atoms with Crippen LogP contribution < -0.4 is 11.1 Å². The van der Waals surface area contributed by atoms with E-state index in [9.17, 15) is 0 Å². The number of hydrogen-bond donors (Lipinski definition) is 3. The van der Waals surface area contributed by atoms with Crippen LogP contribution in [0.25, 0.3) is 11.1 Å². The second kappa shape index (κ2) is 8.30. The lowest BCUT2D eigenvalue weighted by Gasteiger charge is -2.13. The van der Waals surface area contributed by atoms with Crippen LogP contribution in [0.1, 0.15) is 23.6 Å². The highest BCUT2D eigenvalue weighted by atomic mass is 16.4. The van der Waals surface area contributed by atoms with Crippen molar-refractivity contribution in [3.8, 4) is 11.1 Å².